The van der Waals surface area contributed by atoms with Crippen molar-refractivity contribution in [2.24, 2.45) is 0 Å². The van der Waals surface area contributed by atoms with E-state index in [-0.39, 0.29) is 18.1 Å². The lowest BCUT2D eigenvalue weighted by atomic mass is 10.0. The Morgan fingerprint density at radius 1 is 0.903 bits per heavy atom. The minimum absolute atomic E-state index is 0.158. The minimum atomic E-state index is -0.309. The maximum atomic E-state index is 13.1. The molecule has 0 radical (unpaired) electrons. The first kappa shape index (κ1) is 20.9. The summed E-state index contributed by atoms with van der Waals surface area (Å²) in [6.45, 7) is 2.13. The maximum absolute atomic E-state index is 13.1. The number of aromatic nitrogens is 1. The molecule has 0 spiro atoms. The Bertz CT molecular complexity index is 1150. The minimum Gasteiger partial charge on any atom is -0.302 e. The number of nitrogens with zero attached hydrogens (tertiary/aromatic N) is 1. The lowest BCUT2D eigenvalue weighted by Crippen LogP contribution is -2.14. The fourth-order valence-corrected chi connectivity index (χ4v) is 4.53. The number of amides is 1. The molecule has 0 fully saturated rings. The summed E-state index contributed by atoms with van der Waals surface area (Å²) in [5.74, 6) is -0.467. The Labute approximate surface area is 185 Å². The zero-order valence-corrected chi connectivity index (χ0v) is 18.1. The molecule has 4 rings (SSSR count). The highest BCUT2D eigenvalue weighted by molar-refractivity contribution is 7.16. The van der Waals surface area contributed by atoms with Crippen molar-refractivity contribution in [1.82, 2.24) is 4.98 Å². The molecule has 31 heavy (non-hydrogen) atoms. The van der Waals surface area contributed by atoms with E-state index in [9.17, 15) is 9.18 Å². The van der Waals surface area contributed by atoms with Crippen molar-refractivity contribution in [3.05, 3.63) is 95.1 Å². The van der Waals surface area contributed by atoms with Crippen LogP contribution in [-0.2, 0) is 17.6 Å². The summed E-state index contributed by atoms with van der Waals surface area (Å²) in [6.07, 6.45) is 2.09. The van der Waals surface area contributed by atoms with E-state index in [0.29, 0.717) is 5.13 Å². The summed E-state index contributed by atoms with van der Waals surface area (Å²) in [5.41, 5.74) is 5.06. The first-order chi connectivity index (χ1) is 15.1. The van der Waals surface area contributed by atoms with Crippen molar-refractivity contribution in [1.29, 1.82) is 0 Å². The van der Waals surface area contributed by atoms with Crippen LogP contribution in [0.5, 0.6) is 0 Å². The third-order valence-electron chi connectivity index (χ3n) is 4.96. The van der Waals surface area contributed by atoms with Crippen molar-refractivity contribution in [2.75, 3.05) is 5.32 Å². The first-order valence-corrected chi connectivity index (χ1v) is 11.1. The van der Waals surface area contributed by atoms with Crippen LogP contribution in [0, 0.1) is 5.82 Å². The zero-order valence-electron chi connectivity index (χ0n) is 17.3. The number of hydrogen-bond acceptors (Lipinski definition) is 3. The molecule has 0 aliphatic carbocycles. The largest absolute Gasteiger partial charge is 0.302 e. The predicted molar refractivity (Wildman–Crippen MR) is 126 cm³/mol. The van der Waals surface area contributed by atoms with Crippen molar-refractivity contribution in [2.45, 2.75) is 26.2 Å². The Kier molecular flexibility index (Phi) is 6.53. The zero-order chi connectivity index (χ0) is 21.6. The number of nitrogens with one attached hydrogen (secondary N) is 1. The molecule has 4 aromatic rings. The fraction of sp³-hybridized carbons (Fsp3) is 0.154. The Hall–Kier alpha value is -3.31. The van der Waals surface area contributed by atoms with Crippen molar-refractivity contribution in [3.8, 4) is 22.4 Å². The van der Waals surface area contributed by atoms with E-state index in [0.717, 1.165) is 40.1 Å². The normalized spacial score (nSPS) is 10.8. The summed E-state index contributed by atoms with van der Waals surface area (Å²) in [5, 5.41) is 3.50. The van der Waals surface area contributed by atoms with Crippen LogP contribution < -0.4 is 5.32 Å². The molecular weight excluding hydrogens is 407 g/mol. The Morgan fingerprint density at radius 3 is 2.23 bits per heavy atom. The van der Waals surface area contributed by atoms with E-state index < -0.39 is 0 Å². The first-order valence-electron chi connectivity index (χ1n) is 10.3. The van der Waals surface area contributed by atoms with Gasteiger partial charge >= 0.3 is 0 Å². The number of thiazole rings is 1. The molecule has 5 heteroatoms. The van der Waals surface area contributed by atoms with Gasteiger partial charge in [-0.25, -0.2) is 9.37 Å². The molecule has 1 aromatic heterocycles. The molecule has 0 bridgehead atoms. The maximum Gasteiger partial charge on any atom is 0.230 e. The molecule has 0 saturated carbocycles. The summed E-state index contributed by atoms with van der Waals surface area (Å²) < 4.78 is 13.1. The number of anilines is 1. The molecule has 0 aliphatic rings. The van der Waals surface area contributed by atoms with Gasteiger partial charge < -0.3 is 5.32 Å². The van der Waals surface area contributed by atoms with Crippen LogP contribution in [0.3, 0.4) is 0 Å². The number of hydrogen-bond donors (Lipinski definition) is 1. The number of benzene rings is 3. The van der Waals surface area contributed by atoms with Gasteiger partial charge in [0.2, 0.25) is 5.91 Å². The third-order valence-corrected chi connectivity index (χ3v) is 5.99. The van der Waals surface area contributed by atoms with Crippen LogP contribution in [0.25, 0.3) is 22.4 Å². The smallest absolute Gasteiger partial charge is 0.230 e. The fourth-order valence-electron chi connectivity index (χ4n) is 3.43. The number of rotatable bonds is 7. The number of aryl methyl sites for hydroxylation is 1. The highest BCUT2D eigenvalue weighted by Gasteiger charge is 2.15. The van der Waals surface area contributed by atoms with Crippen LogP contribution >= 0.6 is 11.3 Å². The summed E-state index contributed by atoms with van der Waals surface area (Å²) in [7, 11) is 0. The van der Waals surface area contributed by atoms with Crippen LogP contribution in [0.2, 0.25) is 0 Å². The molecule has 1 N–H and O–H groups in total. The summed E-state index contributed by atoms with van der Waals surface area (Å²) >= 11 is 1.52. The van der Waals surface area contributed by atoms with E-state index in [1.54, 1.807) is 12.1 Å². The van der Waals surface area contributed by atoms with Crippen LogP contribution in [0.15, 0.2) is 78.9 Å². The second-order valence-corrected chi connectivity index (χ2v) is 8.42. The second kappa shape index (κ2) is 9.67. The van der Waals surface area contributed by atoms with E-state index in [4.69, 9.17) is 4.98 Å². The second-order valence-electron chi connectivity index (χ2n) is 7.34. The molecule has 1 heterocycles. The molecule has 0 aliphatic heterocycles. The van der Waals surface area contributed by atoms with Crippen molar-refractivity contribution >= 4 is 22.4 Å². The van der Waals surface area contributed by atoms with Crippen LogP contribution in [0.1, 0.15) is 23.8 Å². The third kappa shape index (κ3) is 5.25. The number of carbonyl (C=O) groups is 1. The quantitative estimate of drug-likeness (QED) is 0.352. The lowest BCUT2D eigenvalue weighted by Gasteiger charge is -2.05. The monoisotopic (exact) mass is 430 g/mol. The highest BCUT2D eigenvalue weighted by atomic mass is 32.1. The predicted octanol–water partition coefficient (Wildman–Crippen LogP) is 6.75. The number of carbonyl (C=O) groups excluding carboxylic acids is 1. The van der Waals surface area contributed by atoms with Crippen LogP contribution in [-0.4, -0.2) is 10.9 Å². The van der Waals surface area contributed by atoms with Gasteiger partial charge in [0.15, 0.2) is 5.13 Å². The summed E-state index contributed by atoms with van der Waals surface area (Å²) in [4.78, 5) is 18.3. The molecule has 3 nitrogen and oxygen atoms in total. The van der Waals surface area contributed by atoms with E-state index >= 15 is 0 Å². The van der Waals surface area contributed by atoms with E-state index in [2.05, 4.69) is 48.6 Å². The average Bonchev–Trinajstić information content (AvgIpc) is 3.18. The SMILES string of the molecule is CCCc1sc(NC(=O)Cc2ccc(F)cc2)nc1-c1ccc(-c2ccccc2)cc1. The van der Waals surface area contributed by atoms with Gasteiger partial charge in [0, 0.05) is 10.4 Å². The topological polar surface area (TPSA) is 42.0 Å². The highest BCUT2D eigenvalue weighted by Crippen LogP contribution is 2.33. The van der Waals surface area contributed by atoms with Crippen molar-refractivity contribution < 1.29 is 9.18 Å². The molecular formula is C26H23FN2OS. The standard InChI is InChI=1S/C26H23FN2OS/c1-2-6-23-25(21-13-11-20(12-14-21)19-7-4-3-5-8-19)29-26(31-23)28-24(30)17-18-9-15-22(27)16-10-18/h3-5,7-16H,2,6,17H2,1H3,(H,28,29,30). The number of halogens is 1. The van der Waals surface area contributed by atoms with Gasteiger partial charge in [-0.3, -0.25) is 4.79 Å². The molecule has 3 aromatic carbocycles. The lowest BCUT2D eigenvalue weighted by molar-refractivity contribution is -0.115. The van der Waals surface area contributed by atoms with Gasteiger partial charge in [-0.15, -0.1) is 11.3 Å². The van der Waals surface area contributed by atoms with Gasteiger partial charge in [0.05, 0.1) is 12.1 Å². The molecule has 0 unspecified atom stereocenters. The Morgan fingerprint density at radius 2 is 1.55 bits per heavy atom. The molecule has 156 valence electrons. The average molecular weight is 431 g/mol. The van der Waals surface area contributed by atoms with Gasteiger partial charge in [0.25, 0.3) is 0 Å². The van der Waals surface area contributed by atoms with Gasteiger partial charge in [-0.2, -0.15) is 0 Å². The molecule has 0 atom stereocenters. The van der Waals surface area contributed by atoms with Gasteiger partial charge in [-0.1, -0.05) is 80.1 Å². The molecule has 1 amide bonds. The van der Waals surface area contributed by atoms with E-state index in [1.165, 1.54) is 29.0 Å². The van der Waals surface area contributed by atoms with Crippen molar-refractivity contribution in [3.63, 3.8) is 0 Å². The molecule has 0 saturated heterocycles. The van der Waals surface area contributed by atoms with Gasteiger partial charge in [0.1, 0.15) is 5.82 Å². The summed E-state index contributed by atoms with van der Waals surface area (Å²) in [6, 6.07) is 24.6. The van der Waals surface area contributed by atoms with E-state index in [1.807, 2.05) is 18.2 Å². The van der Waals surface area contributed by atoms with Gasteiger partial charge in [-0.05, 0) is 35.2 Å². The van der Waals surface area contributed by atoms with Crippen LogP contribution in [0.4, 0.5) is 9.52 Å². The Balaban J connectivity index is 1.53.